The lowest BCUT2D eigenvalue weighted by Gasteiger charge is -2.21. The van der Waals surface area contributed by atoms with Gasteiger partial charge in [0.15, 0.2) is 5.78 Å². The molecule has 23 heavy (non-hydrogen) atoms. The summed E-state index contributed by atoms with van der Waals surface area (Å²) in [4.78, 5) is 12.1. The summed E-state index contributed by atoms with van der Waals surface area (Å²) in [7, 11) is 0. The minimum atomic E-state index is -0.00319. The van der Waals surface area contributed by atoms with Crippen molar-refractivity contribution in [1.82, 2.24) is 0 Å². The Balaban J connectivity index is 2.15. The molecule has 0 spiro atoms. The molecule has 0 N–H and O–H groups in total. The molecule has 2 aromatic carbocycles. The Morgan fingerprint density at radius 2 is 1.65 bits per heavy atom. The third-order valence-electron chi connectivity index (χ3n) is 3.68. The highest BCUT2D eigenvalue weighted by molar-refractivity contribution is 9.09. The average Bonchev–Trinajstić information content (AvgIpc) is 2.54. The van der Waals surface area contributed by atoms with Crippen molar-refractivity contribution in [2.75, 3.05) is 5.33 Å². The van der Waals surface area contributed by atoms with Crippen LogP contribution in [0.5, 0.6) is 0 Å². The third kappa shape index (κ3) is 5.29. The maximum Gasteiger partial charge on any atom is 0.173 e. The van der Waals surface area contributed by atoms with Crippen LogP contribution in [0.15, 0.2) is 48.5 Å². The molecule has 0 saturated heterocycles. The van der Waals surface area contributed by atoms with Gasteiger partial charge in [0.2, 0.25) is 0 Å². The number of ketones is 1. The van der Waals surface area contributed by atoms with Crippen molar-refractivity contribution < 1.29 is 9.53 Å². The monoisotopic (exact) mass is 374 g/mol. The second kappa shape index (κ2) is 7.89. The number of hydrogen-bond donors (Lipinski definition) is 0. The van der Waals surface area contributed by atoms with Crippen LogP contribution in [0.2, 0.25) is 0 Å². The molecule has 2 nitrogen and oxygen atoms in total. The van der Waals surface area contributed by atoms with Crippen LogP contribution in [0.3, 0.4) is 0 Å². The first-order valence-corrected chi connectivity index (χ1v) is 8.87. The summed E-state index contributed by atoms with van der Waals surface area (Å²) in [5, 5.41) is 0.338. The highest BCUT2D eigenvalue weighted by Crippen LogP contribution is 2.25. The van der Waals surface area contributed by atoms with E-state index in [0.29, 0.717) is 18.5 Å². The summed E-state index contributed by atoms with van der Waals surface area (Å²) in [5.74, 6) is 0.0976. The number of Topliss-reactive ketones (excluding diaryl/α,β-unsaturated/α-hetero) is 1. The first-order valence-electron chi connectivity index (χ1n) is 7.75. The Morgan fingerprint density at radius 3 is 2.26 bits per heavy atom. The van der Waals surface area contributed by atoms with Crippen LogP contribution in [0.4, 0.5) is 0 Å². The van der Waals surface area contributed by atoms with Crippen LogP contribution in [0.1, 0.15) is 47.8 Å². The van der Waals surface area contributed by atoms with Gasteiger partial charge in [-0.1, -0.05) is 73.1 Å². The Bertz CT molecular complexity index is 657. The zero-order chi connectivity index (χ0) is 16.9. The molecule has 0 saturated carbocycles. The van der Waals surface area contributed by atoms with Crippen LogP contribution in [0.25, 0.3) is 0 Å². The minimum Gasteiger partial charge on any atom is -0.372 e. The lowest BCUT2D eigenvalue weighted by molar-refractivity contribution is 0.101. The molecule has 0 radical (unpaired) electrons. The molecule has 2 rings (SSSR count). The number of carbonyl (C=O) groups is 1. The standard InChI is InChI=1S/C20H23BrO2/c1-20(2,3)18-10-16(9-17(11-18)19(22)12-21)14-23-13-15-7-5-4-6-8-15/h4-11H,12-14H2,1-3H3. The average molecular weight is 375 g/mol. The summed E-state index contributed by atoms with van der Waals surface area (Å²) < 4.78 is 5.82. The maximum atomic E-state index is 12.1. The van der Waals surface area contributed by atoms with Crippen LogP contribution >= 0.6 is 15.9 Å². The first kappa shape index (κ1) is 17.9. The summed E-state index contributed by atoms with van der Waals surface area (Å²) in [5.41, 5.74) is 4.08. The fourth-order valence-electron chi connectivity index (χ4n) is 2.31. The van der Waals surface area contributed by atoms with E-state index >= 15 is 0 Å². The quantitative estimate of drug-likeness (QED) is 0.507. The van der Waals surface area contributed by atoms with Gasteiger partial charge >= 0.3 is 0 Å². The van der Waals surface area contributed by atoms with Gasteiger partial charge in [-0.25, -0.2) is 0 Å². The molecule has 0 amide bonds. The zero-order valence-electron chi connectivity index (χ0n) is 13.9. The summed E-state index contributed by atoms with van der Waals surface area (Å²) in [6.45, 7) is 7.53. The summed E-state index contributed by atoms with van der Waals surface area (Å²) in [6.07, 6.45) is 0. The van der Waals surface area contributed by atoms with E-state index in [1.54, 1.807) is 0 Å². The molecule has 0 fully saturated rings. The zero-order valence-corrected chi connectivity index (χ0v) is 15.5. The molecule has 0 aromatic heterocycles. The van der Waals surface area contributed by atoms with Crippen LogP contribution < -0.4 is 0 Å². The predicted molar refractivity (Wildman–Crippen MR) is 98.2 cm³/mol. The molecule has 122 valence electrons. The van der Waals surface area contributed by atoms with Gasteiger partial charge in [-0.05, 0) is 34.2 Å². The Kier molecular flexibility index (Phi) is 6.14. The Hall–Kier alpha value is -1.45. The highest BCUT2D eigenvalue weighted by Gasteiger charge is 2.17. The lowest BCUT2D eigenvalue weighted by Crippen LogP contribution is -2.14. The molecule has 0 heterocycles. The van der Waals surface area contributed by atoms with E-state index in [-0.39, 0.29) is 11.2 Å². The van der Waals surface area contributed by atoms with Gasteiger partial charge < -0.3 is 4.74 Å². The number of rotatable bonds is 6. The number of ether oxygens (including phenoxy) is 1. The molecule has 0 atom stereocenters. The molecular formula is C20H23BrO2. The maximum absolute atomic E-state index is 12.1. The number of benzene rings is 2. The SMILES string of the molecule is CC(C)(C)c1cc(COCc2ccccc2)cc(C(=O)CBr)c1. The van der Waals surface area contributed by atoms with E-state index in [1.165, 1.54) is 0 Å². The van der Waals surface area contributed by atoms with Gasteiger partial charge in [-0.2, -0.15) is 0 Å². The largest absolute Gasteiger partial charge is 0.372 e. The van der Waals surface area contributed by atoms with E-state index in [0.717, 1.165) is 22.3 Å². The predicted octanol–water partition coefficient (Wildman–Crippen LogP) is 5.28. The van der Waals surface area contributed by atoms with Gasteiger partial charge in [-0.15, -0.1) is 0 Å². The van der Waals surface area contributed by atoms with Crippen LogP contribution in [-0.4, -0.2) is 11.1 Å². The van der Waals surface area contributed by atoms with E-state index in [2.05, 4.69) is 42.8 Å². The van der Waals surface area contributed by atoms with Crippen LogP contribution in [0, 0.1) is 0 Å². The van der Waals surface area contributed by atoms with Crippen molar-refractivity contribution in [3.8, 4) is 0 Å². The molecule has 0 aliphatic heterocycles. The van der Waals surface area contributed by atoms with Crippen molar-refractivity contribution in [3.05, 3.63) is 70.8 Å². The summed E-state index contributed by atoms with van der Waals surface area (Å²) in [6, 6.07) is 16.2. The number of halogens is 1. The van der Waals surface area contributed by atoms with Crippen molar-refractivity contribution in [2.24, 2.45) is 0 Å². The fraction of sp³-hybridized carbons (Fsp3) is 0.350. The highest BCUT2D eigenvalue weighted by atomic mass is 79.9. The minimum absolute atomic E-state index is 0.00319. The van der Waals surface area contributed by atoms with Gasteiger partial charge in [0.1, 0.15) is 0 Å². The van der Waals surface area contributed by atoms with E-state index in [4.69, 9.17) is 4.74 Å². The number of carbonyl (C=O) groups excluding carboxylic acids is 1. The van der Waals surface area contributed by atoms with Crippen molar-refractivity contribution in [1.29, 1.82) is 0 Å². The van der Waals surface area contributed by atoms with Crippen molar-refractivity contribution in [2.45, 2.75) is 39.4 Å². The Morgan fingerprint density at radius 1 is 1.00 bits per heavy atom. The molecule has 0 bridgehead atoms. The van der Waals surface area contributed by atoms with Crippen molar-refractivity contribution in [3.63, 3.8) is 0 Å². The van der Waals surface area contributed by atoms with E-state index in [1.807, 2.05) is 42.5 Å². The van der Waals surface area contributed by atoms with Crippen LogP contribution in [-0.2, 0) is 23.4 Å². The van der Waals surface area contributed by atoms with Crippen molar-refractivity contribution >= 4 is 21.7 Å². The normalized spacial score (nSPS) is 11.5. The molecule has 0 aliphatic carbocycles. The first-order chi connectivity index (χ1) is 10.9. The molecule has 3 heteroatoms. The molecule has 0 aliphatic rings. The lowest BCUT2D eigenvalue weighted by atomic mass is 9.84. The topological polar surface area (TPSA) is 26.3 Å². The van der Waals surface area contributed by atoms with E-state index in [9.17, 15) is 4.79 Å². The van der Waals surface area contributed by atoms with Gasteiger partial charge in [0.25, 0.3) is 0 Å². The Labute approximate surface area is 147 Å². The molecular weight excluding hydrogens is 352 g/mol. The van der Waals surface area contributed by atoms with Gasteiger partial charge in [0, 0.05) is 5.56 Å². The van der Waals surface area contributed by atoms with Gasteiger partial charge in [-0.3, -0.25) is 4.79 Å². The fourth-order valence-corrected chi connectivity index (χ4v) is 2.63. The second-order valence-corrected chi connectivity index (χ2v) is 7.26. The third-order valence-corrected chi connectivity index (χ3v) is 4.19. The van der Waals surface area contributed by atoms with E-state index < -0.39 is 0 Å². The number of hydrogen-bond acceptors (Lipinski definition) is 2. The summed E-state index contributed by atoms with van der Waals surface area (Å²) >= 11 is 3.25. The molecule has 2 aromatic rings. The smallest absolute Gasteiger partial charge is 0.173 e. The molecule has 0 unspecified atom stereocenters. The van der Waals surface area contributed by atoms with Gasteiger partial charge in [0.05, 0.1) is 18.5 Å². The second-order valence-electron chi connectivity index (χ2n) is 6.70. The number of alkyl halides is 1.